The van der Waals surface area contributed by atoms with Gasteiger partial charge in [0, 0.05) is 11.1 Å². The van der Waals surface area contributed by atoms with Crippen molar-refractivity contribution < 1.29 is 31.1 Å². The Hall–Kier alpha value is -2.95. The normalized spacial score (nSPS) is 11.5. The topological polar surface area (TPSA) is 29.1 Å². The maximum Gasteiger partial charge on any atom is 0.417 e. The molecule has 0 atom stereocenters. The van der Waals surface area contributed by atoms with E-state index in [1.165, 1.54) is 24.3 Å². The Bertz CT molecular complexity index is 858. The number of alkyl halides is 6. The van der Waals surface area contributed by atoms with Gasteiger partial charge in [-0.05, 0) is 30.3 Å². The van der Waals surface area contributed by atoms with E-state index in [9.17, 15) is 31.1 Å². The fourth-order valence-electron chi connectivity index (χ4n) is 2.04. The van der Waals surface area contributed by atoms with Crippen LogP contribution in [0.1, 0.15) is 27.0 Å². The lowest BCUT2D eigenvalue weighted by molar-refractivity contribution is -0.138. The van der Waals surface area contributed by atoms with E-state index in [-0.39, 0.29) is 17.7 Å². The largest absolute Gasteiger partial charge is 0.417 e. The molecular weight excluding hydrogens is 360 g/mol. The van der Waals surface area contributed by atoms with Gasteiger partial charge >= 0.3 is 12.4 Å². The molecule has 2 nitrogen and oxygen atoms in total. The minimum Gasteiger partial charge on any atom is -0.341 e. The molecule has 0 aliphatic heterocycles. The molecule has 0 aliphatic rings. The number of halogens is 6. The number of benzene rings is 2. The molecule has 0 radical (unpaired) electrons. The van der Waals surface area contributed by atoms with Crippen molar-refractivity contribution in [2.24, 2.45) is 0 Å². The molecule has 8 heteroatoms. The van der Waals surface area contributed by atoms with Gasteiger partial charge in [-0.1, -0.05) is 30.0 Å². The molecule has 0 aliphatic carbocycles. The Morgan fingerprint density at radius 2 is 1.62 bits per heavy atom. The molecule has 0 aromatic heterocycles. The summed E-state index contributed by atoms with van der Waals surface area (Å²) < 4.78 is 76.3. The number of hydrogen-bond acceptors (Lipinski definition) is 1. The van der Waals surface area contributed by atoms with E-state index < -0.39 is 29.4 Å². The van der Waals surface area contributed by atoms with Crippen molar-refractivity contribution in [1.82, 2.24) is 5.32 Å². The van der Waals surface area contributed by atoms with Gasteiger partial charge in [0.2, 0.25) is 0 Å². The second-order valence-corrected chi connectivity index (χ2v) is 5.11. The van der Waals surface area contributed by atoms with Gasteiger partial charge in [-0.25, -0.2) is 0 Å². The van der Waals surface area contributed by atoms with Crippen LogP contribution >= 0.6 is 0 Å². The number of amides is 1. The van der Waals surface area contributed by atoms with Crippen LogP contribution in [0.4, 0.5) is 26.3 Å². The lowest BCUT2D eigenvalue weighted by atomic mass is 10.1. The minimum absolute atomic E-state index is 0.225. The summed E-state index contributed by atoms with van der Waals surface area (Å²) in [6, 6.07) is 8.46. The van der Waals surface area contributed by atoms with Crippen molar-refractivity contribution in [2.75, 3.05) is 6.54 Å². The van der Waals surface area contributed by atoms with E-state index in [0.29, 0.717) is 6.07 Å². The summed E-state index contributed by atoms with van der Waals surface area (Å²) in [6.07, 6.45) is -9.15. The van der Waals surface area contributed by atoms with Crippen molar-refractivity contribution in [2.45, 2.75) is 12.4 Å². The van der Waals surface area contributed by atoms with Crippen LogP contribution in [0.15, 0.2) is 48.5 Å². The standard InChI is InChI=1S/C18H11F6NO/c19-17(20,21)14-8-3-6-13(11-14)16(26)25-10-4-7-12-5-1-2-9-15(12)18(22,23)24/h1-3,5-6,8-9,11H,10H2,(H,25,26). The SMILES string of the molecule is O=C(NCC#Cc1ccccc1C(F)(F)F)c1cccc(C(F)(F)F)c1. The number of hydrogen-bond donors (Lipinski definition) is 1. The van der Waals surface area contributed by atoms with E-state index in [2.05, 4.69) is 17.2 Å². The third-order valence-electron chi connectivity index (χ3n) is 3.24. The fraction of sp³-hybridized carbons (Fsp3) is 0.167. The molecule has 0 fully saturated rings. The van der Waals surface area contributed by atoms with E-state index >= 15 is 0 Å². The third kappa shape index (κ3) is 5.02. The van der Waals surface area contributed by atoms with Crippen LogP contribution in [0.3, 0.4) is 0 Å². The van der Waals surface area contributed by atoms with Crippen molar-refractivity contribution in [3.05, 3.63) is 70.8 Å². The van der Waals surface area contributed by atoms with Gasteiger partial charge < -0.3 is 5.32 Å². The first kappa shape index (κ1) is 19.4. The van der Waals surface area contributed by atoms with Crippen LogP contribution in [0.2, 0.25) is 0 Å². The van der Waals surface area contributed by atoms with E-state index in [0.717, 1.165) is 18.2 Å². The summed E-state index contributed by atoms with van der Waals surface area (Å²) in [5.74, 6) is 3.84. The predicted molar refractivity (Wildman–Crippen MR) is 82.1 cm³/mol. The molecule has 26 heavy (non-hydrogen) atoms. The first-order chi connectivity index (χ1) is 12.1. The van der Waals surface area contributed by atoms with E-state index in [1.807, 2.05) is 0 Å². The summed E-state index contributed by atoms with van der Waals surface area (Å²) in [6.45, 7) is -0.318. The lowest BCUT2D eigenvalue weighted by Crippen LogP contribution is -2.24. The molecule has 0 saturated carbocycles. The van der Waals surface area contributed by atoms with Gasteiger partial charge in [0.1, 0.15) is 0 Å². The second kappa shape index (κ2) is 7.52. The molecule has 2 aromatic rings. The second-order valence-electron chi connectivity index (χ2n) is 5.11. The fourth-order valence-corrected chi connectivity index (χ4v) is 2.04. The molecular formula is C18H11F6NO. The molecule has 0 bridgehead atoms. The van der Waals surface area contributed by atoms with Gasteiger partial charge in [0.05, 0.1) is 17.7 Å². The lowest BCUT2D eigenvalue weighted by Gasteiger charge is -2.08. The Balaban J connectivity index is 2.06. The highest BCUT2D eigenvalue weighted by atomic mass is 19.4. The highest BCUT2D eigenvalue weighted by Gasteiger charge is 2.32. The zero-order valence-corrected chi connectivity index (χ0v) is 13.0. The smallest absolute Gasteiger partial charge is 0.341 e. The zero-order chi connectivity index (χ0) is 19.4. The Kier molecular flexibility index (Phi) is 5.60. The third-order valence-corrected chi connectivity index (χ3v) is 3.24. The maximum absolute atomic E-state index is 12.8. The average molecular weight is 371 g/mol. The Morgan fingerprint density at radius 1 is 0.923 bits per heavy atom. The molecule has 1 amide bonds. The van der Waals surface area contributed by atoms with Crippen LogP contribution < -0.4 is 5.32 Å². The number of carbonyl (C=O) groups is 1. The van der Waals surface area contributed by atoms with Crippen molar-refractivity contribution in [1.29, 1.82) is 0 Å². The summed E-state index contributed by atoms with van der Waals surface area (Å²) in [5, 5.41) is 2.24. The Labute approximate surface area is 144 Å². The van der Waals surface area contributed by atoms with Crippen LogP contribution in [-0.4, -0.2) is 12.5 Å². The summed E-state index contributed by atoms with van der Waals surface area (Å²) in [5.41, 5.74) is -2.36. The van der Waals surface area contributed by atoms with E-state index in [4.69, 9.17) is 0 Å². The molecule has 1 N–H and O–H groups in total. The predicted octanol–water partition coefficient (Wildman–Crippen LogP) is 4.51. The number of nitrogens with one attached hydrogen (secondary N) is 1. The van der Waals surface area contributed by atoms with Crippen LogP contribution in [0.25, 0.3) is 0 Å². The summed E-state index contributed by atoms with van der Waals surface area (Å²) in [4.78, 5) is 11.8. The number of rotatable bonds is 2. The van der Waals surface area contributed by atoms with Gasteiger partial charge in [-0.2, -0.15) is 26.3 Å². The van der Waals surface area contributed by atoms with Crippen LogP contribution in [0.5, 0.6) is 0 Å². The van der Waals surface area contributed by atoms with Gasteiger partial charge in [-0.15, -0.1) is 0 Å². The van der Waals surface area contributed by atoms with Crippen molar-refractivity contribution >= 4 is 5.91 Å². The van der Waals surface area contributed by atoms with Crippen LogP contribution in [-0.2, 0) is 12.4 Å². The highest BCUT2D eigenvalue weighted by molar-refractivity contribution is 5.94. The number of carbonyl (C=O) groups excluding carboxylic acids is 1. The molecule has 2 rings (SSSR count). The molecule has 136 valence electrons. The molecule has 0 unspecified atom stereocenters. The first-order valence-electron chi connectivity index (χ1n) is 7.19. The van der Waals surface area contributed by atoms with E-state index in [1.54, 1.807) is 0 Å². The maximum atomic E-state index is 12.8. The monoisotopic (exact) mass is 371 g/mol. The minimum atomic E-state index is -4.59. The summed E-state index contributed by atoms with van der Waals surface area (Å²) >= 11 is 0. The molecule has 2 aromatic carbocycles. The highest BCUT2D eigenvalue weighted by Crippen LogP contribution is 2.31. The van der Waals surface area contributed by atoms with Crippen molar-refractivity contribution in [3.8, 4) is 11.8 Å². The summed E-state index contributed by atoms with van der Waals surface area (Å²) in [7, 11) is 0. The molecule has 0 heterocycles. The zero-order valence-electron chi connectivity index (χ0n) is 13.0. The quantitative estimate of drug-likeness (QED) is 0.611. The first-order valence-corrected chi connectivity index (χ1v) is 7.19. The molecule has 0 spiro atoms. The van der Waals surface area contributed by atoms with Gasteiger partial charge in [0.15, 0.2) is 0 Å². The Morgan fingerprint density at radius 3 is 2.27 bits per heavy atom. The average Bonchev–Trinajstić information content (AvgIpc) is 2.57. The van der Waals surface area contributed by atoms with Crippen LogP contribution in [0, 0.1) is 11.8 Å². The van der Waals surface area contributed by atoms with Crippen molar-refractivity contribution in [3.63, 3.8) is 0 Å². The van der Waals surface area contributed by atoms with Gasteiger partial charge in [-0.3, -0.25) is 4.79 Å². The van der Waals surface area contributed by atoms with Gasteiger partial charge in [0.25, 0.3) is 5.91 Å². The molecule has 0 saturated heterocycles.